The summed E-state index contributed by atoms with van der Waals surface area (Å²) in [6.07, 6.45) is 0.325. The smallest absolute Gasteiger partial charge is 0.270 e. The van der Waals surface area contributed by atoms with E-state index in [4.69, 9.17) is 4.74 Å². The fraction of sp³-hybridized carbons (Fsp3) is 0.542. The minimum atomic E-state index is -0.655. The molecule has 2 aromatic rings. The fourth-order valence-corrected chi connectivity index (χ4v) is 3.87. The summed E-state index contributed by atoms with van der Waals surface area (Å²) >= 11 is 0. The minimum absolute atomic E-state index is 0.172. The molecule has 8 nitrogen and oxygen atoms in total. The normalized spacial score (nSPS) is 17.9. The molecule has 2 aliphatic rings. The number of rotatable bonds is 7. The second kappa shape index (κ2) is 9.52. The van der Waals surface area contributed by atoms with E-state index in [1.54, 1.807) is 6.07 Å². The summed E-state index contributed by atoms with van der Waals surface area (Å²) in [4.78, 5) is 24.1. The number of aliphatic hydroxyl groups excluding tert-OH is 1. The van der Waals surface area contributed by atoms with Crippen molar-refractivity contribution in [2.75, 3.05) is 38.2 Å². The first-order chi connectivity index (χ1) is 15.3. The molecule has 0 aliphatic carbocycles. The summed E-state index contributed by atoms with van der Waals surface area (Å²) in [5.74, 6) is 0.908. The van der Waals surface area contributed by atoms with Gasteiger partial charge in [-0.05, 0) is 17.5 Å². The van der Waals surface area contributed by atoms with Crippen molar-refractivity contribution in [3.8, 4) is 0 Å². The van der Waals surface area contributed by atoms with Gasteiger partial charge in [0.2, 0.25) is 0 Å². The molecule has 1 atom stereocenters. The van der Waals surface area contributed by atoms with E-state index in [9.17, 15) is 9.90 Å². The molecule has 8 heteroatoms. The van der Waals surface area contributed by atoms with Crippen molar-refractivity contribution in [1.29, 1.82) is 0 Å². The molecule has 3 N–H and O–H groups in total. The van der Waals surface area contributed by atoms with Crippen LogP contribution in [0.3, 0.4) is 0 Å². The zero-order chi connectivity index (χ0) is 22.7. The van der Waals surface area contributed by atoms with E-state index in [1.807, 2.05) is 26.8 Å². The van der Waals surface area contributed by atoms with Gasteiger partial charge in [-0.15, -0.1) is 0 Å². The maximum Gasteiger partial charge on any atom is 0.270 e. The number of hydrogen-bond donors (Lipinski definition) is 3. The Kier molecular flexibility index (Phi) is 6.74. The summed E-state index contributed by atoms with van der Waals surface area (Å²) in [5.41, 5.74) is 2.68. The number of fused-ring (bicyclic) bond motifs is 1. The molecule has 1 amide bonds. The molecule has 172 valence electrons. The number of aromatic nitrogens is 2. The zero-order valence-corrected chi connectivity index (χ0v) is 19.1. The lowest BCUT2D eigenvalue weighted by Crippen LogP contribution is -2.42. The van der Waals surface area contributed by atoms with Crippen molar-refractivity contribution in [3.05, 3.63) is 53.0 Å². The Hall–Kier alpha value is -2.55. The maximum absolute atomic E-state index is 12.8. The first-order valence-electron chi connectivity index (χ1n) is 11.3. The average Bonchev–Trinajstić information content (AvgIpc) is 2.73. The molecule has 1 aromatic heterocycles. The Labute approximate surface area is 189 Å². The van der Waals surface area contributed by atoms with Gasteiger partial charge in [0.25, 0.3) is 5.91 Å². The number of benzene rings is 1. The van der Waals surface area contributed by atoms with E-state index >= 15 is 0 Å². The summed E-state index contributed by atoms with van der Waals surface area (Å²) < 4.78 is 5.21. The second-order valence-corrected chi connectivity index (χ2v) is 9.71. The van der Waals surface area contributed by atoms with E-state index in [1.165, 1.54) is 11.1 Å². The number of nitrogens with zero attached hydrogens (tertiary/aromatic N) is 3. The monoisotopic (exact) mass is 439 g/mol. The predicted molar refractivity (Wildman–Crippen MR) is 123 cm³/mol. The van der Waals surface area contributed by atoms with Crippen LogP contribution in [-0.2, 0) is 23.1 Å². The minimum Gasteiger partial charge on any atom is -0.390 e. The van der Waals surface area contributed by atoms with Gasteiger partial charge in [0.1, 0.15) is 17.3 Å². The molecule has 0 spiro atoms. The lowest BCUT2D eigenvalue weighted by molar-refractivity contribution is 0.0209. The molecule has 1 fully saturated rings. The van der Waals surface area contributed by atoms with Crippen LogP contribution in [0.25, 0.3) is 0 Å². The van der Waals surface area contributed by atoms with Crippen molar-refractivity contribution in [1.82, 2.24) is 20.2 Å². The highest BCUT2D eigenvalue weighted by atomic mass is 16.5. The Morgan fingerprint density at radius 2 is 2.00 bits per heavy atom. The van der Waals surface area contributed by atoms with E-state index in [0.717, 1.165) is 19.5 Å². The maximum atomic E-state index is 12.8. The van der Waals surface area contributed by atoms with Crippen LogP contribution in [0.5, 0.6) is 0 Å². The summed E-state index contributed by atoms with van der Waals surface area (Å²) in [5, 5.41) is 16.7. The van der Waals surface area contributed by atoms with Crippen LogP contribution in [0.4, 0.5) is 5.82 Å². The van der Waals surface area contributed by atoms with Crippen LogP contribution >= 0.6 is 0 Å². The Morgan fingerprint density at radius 1 is 1.25 bits per heavy atom. The van der Waals surface area contributed by atoms with Gasteiger partial charge in [0.15, 0.2) is 0 Å². The molecule has 3 heterocycles. The number of β-amino-alcohol motifs (C(OH)–C–C–N with tert-alkyl or cyclic N) is 1. The number of amides is 1. The zero-order valence-electron chi connectivity index (χ0n) is 19.1. The fourth-order valence-electron chi connectivity index (χ4n) is 3.87. The van der Waals surface area contributed by atoms with E-state index in [0.29, 0.717) is 37.1 Å². The van der Waals surface area contributed by atoms with E-state index in [-0.39, 0.29) is 23.9 Å². The molecule has 4 rings (SSSR count). The largest absolute Gasteiger partial charge is 0.390 e. The molecular formula is C24H33N5O3. The van der Waals surface area contributed by atoms with Crippen LogP contribution in [0.2, 0.25) is 0 Å². The first-order valence-corrected chi connectivity index (χ1v) is 11.3. The van der Waals surface area contributed by atoms with Crippen LogP contribution < -0.4 is 10.6 Å². The summed E-state index contributed by atoms with van der Waals surface area (Å²) in [6, 6.07) is 10.3. The molecule has 2 aliphatic heterocycles. The number of anilines is 1. The van der Waals surface area contributed by atoms with Crippen molar-refractivity contribution in [2.24, 2.45) is 0 Å². The van der Waals surface area contributed by atoms with Crippen LogP contribution in [-0.4, -0.2) is 70.9 Å². The first kappa shape index (κ1) is 22.6. The highest BCUT2D eigenvalue weighted by Crippen LogP contribution is 2.22. The topological polar surface area (TPSA) is 99.6 Å². The lowest BCUT2D eigenvalue weighted by atomic mass is 9.95. The van der Waals surface area contributed by atoms with Gasteiger partial charge in [-0.25, -0.2) is 9.97 Å². The quantitative estimate of drug-likeness (QED) is 0.604. The summed E-state index contributed by atoms with van der Waals surface area (Å²) in [7, 11) is 0. The third-order valence-electron chi connectivity index (χ3n) is 5.80. The third kappa shape index (κ3) is 5.62. The van der Waals surface area contributed by atoms with Gasteiger partial charge in [0.05, 0.1) is 25.4 Å². The molecule has 0 saturated carbocycles. The molecule has 1 aromatic carbocycles. The number of carbonyl (C=O) groups is 1. The molecule has 0 radical (unpaired) electrons. The van der Waals surface area contributed by atoms with Crippen molar-refractivity contribution in [2.45, 2.75) is 51.3 Å². The second-order valence-electron chi connectivity index (χ2n) is 9.71. The highest BCUT2D eigenvalue weighted by Gasteiger charge is 2.24. The standard InChI is InChI=1S/C24H33N5O3/c1-24(2,3)23-27-20(10-21(28-23)26-18-14-32-15-18)22(31)25-11-19(30)13-29-9-8-16-6-4-5-7-17(16)12-29/h4-7,10,18-19,30H,8-9,11-15H2,1-3H3,(H,25,31)(H,26,27,28). The number of ether oxygens (including phenoxy) is 1. The Bertz CT molecular complexity index is 955. The van der Waals surface area contributed by atoms with Crippen LogP contribution in [0.1, 0.15) is 48.2 Å². The predicted octanol–water partition coefficient (Wildman–Crippen LogP) is 1.73. The van der Waals surface area contributed by atoms with Crippen LogP contribution in [0.15, 0.2) is 30.3 Å². The molecule has 1 saturated heterocycles. The molecule has 1 unspecified atom stereocenters. The van der Waals surface area contributed by atoms with E-state index in [2.05, 4.69) is 43.7 Å². The third-order valence-corrected chi connectivity index (χ3v) is 5.80. The van der Waals surface area contributed by atoms with Gasteiger partial charge >= 0.3 is 0 Å². The molecular weight excluding hydrogens is 406 g/mol. The SMILES string of the molecule is CC(C)(C)c1nc(NC2COC2)cc(C(=O)NCC(O)CN2CCc3ccccc3C2)n1. The van der Waals surface area contributed by atoms with E-state index < -0.39 is 6.10 Å². The number of hydrogen-bond acceptors (Lipinski definition) is 7. The van der Waals surface area contributed by atoms with Gasteiger partial charge in [-0.2, -0.15) is 0 Å². The van der Waals surface area contributed by atoms with Crippen molar-refractivity contribution in [3.63, 3.8) is 0 Å². The highest BCUT2D eigenvalue weighted by molar-refractivity contribution is 5.93. The van der Waals surface area contributed by atoms with Crippen LogP contribution in [0, 0.1) is 0 Å². The van der Waals surface area contributed by atoms with Gasteiger partial charge in [-0.1, -0.05) is 45.0 Å². The van der Waals surface area contributed by atoms with Gasteiger partial charge in [0, 0.05) is 37.7 Å². The molecule has 32 heavy (non-hydrogen) atoms. The molecule has 0 bridgehead atoms. The van der Waals surface area contributed by atoms with Gasteiger partial charge < -0.3 is 20.5 Å². The average molecular weight is 440 g/mol. The lowest BCUT2D eigenvalue weighted by Gasteiger charge is -2.30. The Morgan fingerprint density at radius 3 is 2.69 bits per heavy atom. The Balaban J connectivity index is 1.35. The number of aliphatic hydroxyl groups is 1. The number of carbonyl (C=O) groups excluding carboxylic acids is 1. The number of nitrogens with one attached hydrogen (secondary N) is 2. The van der Waals surface area contributed by atoms with Gasteiger partial charge in [-0.3, -0.25) is 9.69 Å². The van der Waals surface area contributed by atoms with Crippen molar-refractivity contribution < 1.29 is 14.6 Å². The summed E-state index contributed by atoms with van der Waals surface area (Å²) in [6.45, 7) is 9.71. The van der Waals surface area contributed by atoms with Crippen molar-refractivity contribution >= 4 is 11.7 Å².